The predicted octanol–water partition coefficient (Wildman–Crippen LogP) is 3.83. The van der Waals surface area contributed by atoms with Crippen LogP contribution in [0.1, 0.15) is 5.56 Å². The van der Waals surface area contributed by atoms with E-state index >= 15 is 0 Å². The van der Waals surface area contributed by atoms with Gasteiger partial charge in [-0.1, -0.05) is 34.8 Å². The van der Waals surface area contributed by atoms with E-state index in [1.165, 1.54) is 0 Å². The summed E-state index contributed by atoms with van der Waals surface area (Å²) in [7, 11) is 0. The summed E-state index contributed by atoms with van der Waals surface area (Å²) >= 11 is 17.0. The molecule has 0 saturated carbocycles. The van der Waals surface area contributed by atoms with Crippen molar-refractivity contribution >= 4 is 34.8 Å². The number of rotatable bonds is 0. The van der Waals surface area contributed by atoms with Crippen molar-refractivity contribution in [3.05, 3.63) is 39.7 Å². The standard InChI is InChI=1S/C7H4Cl3/c1-4-2-5(8)7(10)6(9)3-4/h2-3H,1H2. The van der Waals surface area contributed by atoms with Gasteiger partial charge in [0.1, 0.15) is 0 Å². The minimum atomic E-state index is 0.385. The van der Waals surface area contributed by atoms with E-state index in [1.54, 1.807) is 12.1 Å². The molecule has 1 aromatic carbocycles. The molecule has 0 aromatic heterocycles. The summed E-state index contributed by atoms with van der Waals surface area (Å²) in [5.74, 6) is 0. The van der Waals surface area contributed by atoms with Gasteiger partial charge in [0.15, 0.2) is 0 Å². The molecule has 0 saturated heterocycles. The van der Waals surface area contributed by atoms with E-state index in [1.807, 2.05) is 0 Å². The van der Waals surface area contributed by atoms with Crippen LogP contribution in [0.25, 0.3) is 0 Å². The molecule has 0 N–H and O–H groups in total. The van der Waals surface area contributed by atoms with Crippen LogP contribution in [0.2, 0.25) is 15.1 Å². The lowest BCUT2D eigenvalue weighted by Crippen LogP contribution is -1.74. The zero-order valence-electron chi connectivity index (χ0n) is 5.00. The van der Waals surface area contributed by atoms with Crippen molar-refractivity contribution in [2.75, 3.05) is 0 Å². The van der Waals surface area contributed by atoms with Crippen LogP contribution in [0.4, 0.5) is 0 Å². The third-order valence-corrected chi connectivity index (χ3v) is 2.24. The Kier molecular flexibility index (Phi) is 2.45. The smallest absolute Gasteiger partial charge is 0.0778 e. The normalized spacial score (nSPS) is 10.0. The summed E-state index contributed by atoms with van der Waals surface area (Å²) in [5.41, 5.74) is 0.763. The Morgan fingerprint density at radius 3 is 1.80 bits per heavy atom. The Morgan fingerprint density at radius 1 is 1.00 bits per heavy atom. The SMILES string of the molecule is [CH2]c1cc(Cl)c(Cl)c(Cl)c1. The molecule has 1 radical (unpaired) electrons. The van der Waals surface area contributed by atoms with Gasteiger partial charge in [-0.05, 0) is 24.6 Å². The average Bonchev–Trinajstić information content (AvgIpc) is 1.82. The van der Waals surface area contributed by atoms with Gasteiger partial charge in [0.25, 0.3) is 0 Å². The van der Waals surface area contributed by atoms with Crippen molar-refractivity contribution in [2.45, 2.75) is 0 Å². The fourth-order valence-electron chi connectivity index (χ4n) is 0.608. The van der Waals surface area contributed by atoms with Gasteiger partial charge in [0.2, 0.25) is 0 Å². The highest BCUT2D eigenvalue weighted by Gasteiger charge is 2.02. The zero-order chi connectivity index (χ0) is 7.72. The van der Waals surface area contributed by atoms with Crippen LogP contribution in [-0.4, -0.2) is 0 Å². The first kappa shape index (κ1) is 8.19. The molecule has 3 heteroatoms. The molecule has 1 rings (SSSR count). The summed E-state index contributed by atoms with van der Waals surface area (Å²) < 4.78 is 0. The third kappa shape index (κ3) is 1.57. The Bertz CT molecular complexity index is 232. The van der Waals surface area contributed by atoms with Gasteiger partial charge >= 0.3 is 0 Å². The monoisotopic (exact) mass is 193 g/mol. The molecule has 0 nitrogen and oxygen atoms in total. The van der Waals surface area contributed by atoms with Crippen LogP contribution in [0.15, 0.2) is 12.1 Å². The highest BCUT2D eigenvalue weighted by atomic mass is 35.5. The van der Waals surface area contributed by atoms with Gasteiger partial charge in [-0.3, -0.25) is 0 Å². The Morgan fingerprint density at radius 2 is 1.40 bits per heavy atom. The van der Waals surface area contributed by atoms with Crippen LogP contribution in [0.3, 0.4) is 0 Å². The maximum absolute atomic E-state index is 5.66. The van der Waals surface area contributed by atoms with Gasteiger partial charge in [-0.15, -0.1) is 0 Å². The van der Waals surface area contributed by atoms with E-state index in [-0.39, 0.29) is 0 Å². The number of halogens is 3. The molecule has 0 spiro atoms. The van der Waals surface area contributed by atoms with Crippen molar-refractivity contribution < 1.29 is 0 Å². The molecule has 1 aromatic rings. The molecular formula is C7H4Cl3. The lowest BCUT2D eigenvalue weighted by molar-refractivity contribution is 1.61. The highest BCUT2D eigenvalue weighted by molar-refractivity contribution is 6.48. The lowest BCUT2D eigenvalue weighted by atomic mass is 10.2. The topological polar surface area (TPSA) is 0 Å². The molecule has 0 bridgehead atoms. The molecule has 0 heterocycles. The van der Waals surface area contributed by atoms with Crippen molar-refractivity contribution in [3.8, 4) is 0 Å². The largest absolute Gasteiger partial charge is 0.0826 e. The number of hydrogen-bond acceptors (Lipinski definition) is 0. The van der Waals surface area contributed by atoms with Crippen LogP contribution in [-0.2, 0) is 0 Å². The molecule has 0 aliphatic heterocycles. The molecule has 0 aliphatic rings. The quantitative estimate of drug-likeness (QED) is 0.551. The molecule has 0 aliphatic carbocycles. The second-order valence-electron chi connectivity index (χ2n) is 1.87. The first-order chi connectivity index (χ1) is 4.61. The average molecular weight is 194 g/mol. The van der Waals surface area contributed by atoms with E-state index in [0.717, 1.165) is 5.56 Å². The molecule has 0 amide bonds. The van der Waals surface area contributed by atoms with Gasteiger partial charge in [0, 0.05) is 0 Å². The van der Waals surface area contributed by atoms with E-state index in [0.29, 0.717) is 15.1 Å². The zero-order valence-corrected chi connectivity index (χ0v) is 7.26. The summed E-state index contributed by atoms with van der Waals surface area (Å²) in [5, 5.41) is 1.27. The Labute approximate surface area is 74.7 Å². The van der Waals surface area contributed by atoms with Crippen molar-refractivity contribution in [3.63, 3.8) is 0 Å². The minimum absolute atomic E-state index is 0.385. The predicted molar refractivity (Wildman–Crippen MR) is 45.9 cm³/mol. The molecule has 53 valence electrons. The van der Waals surface area contributed by atoms with Gasteiger partial charge < -0.3 is 0 Å². The summed E-state index contributed by atoms with van der Waals surface area (Å²) in [6.45, 7) is 3.66. The van der Waals surface area contributed by atoms with Crippen LogP contribution in [0.5, 0.6) is 0 Å². The first-order valence-corrected chi connectivity index (χ1v) is 3.71. The van der Waals surface area contributed by atoms with E-state index in [9.17, 15) is 0 Å². The van der Waals surface area contributed by atoms with Gasteiger partial charge in [-0.25, -0.2) is 0 Å². The van der Waals surface area contributed by atoms with Crippen LogP contribution in [0, 0.1) is 6.92 Å². The fourth-order valence-corrected chi connectivity index (χ4v) is 1.25. The van der Waals surface area contributed by atoms with Gasteiger partial charge in [-0.2, -0.15) is 0 Å². The maximum atomic E-state index is 5.66. The first-order valence-electron chi connectivity index (χ1n) is 2.58. The molecule has 10 heavy (non-hydrogen) atoms. The highest BCUT2D eigenvalue weighted by Crippen LogP contribution is 2.30. The molecule has 0 unspecified atom stereocenters. The maximum Gasteiger partial charge on any atom is 0.0778 e. The molecule has 0 fully saturated rings. The summed E-state index contributed by atoms with van der Waals surface area (Å²) in [4.78, 5) is 0. The second kappa shape index (κ2) is 3.00. The van der Waals surface area contributed by atoms with Crippen molar-refractivity contribution in [1.29, 1.82) is 0 Å². The van der Waals surface area contributed by atoms with Crippen LogP contribution < -0.4 is 0 Å². The van der Waals surface area contributed by atoms with Gasteiger partial charge in [0.05, 0.1) is 15.1 Å². The minimum Gasteiger partial charge on any atom is -0.0826 e. The second-order valence-corrected chi connectivity index (χ2v) is 3.07. The number of benzene rings is 1. The van der Waals surface area contributed by atoms with E-state index in [4.69, 9.17) is 34.8 Å². The molecular weight excluding hydrogens is 190 g/mol. The number of hydrogen-bond donors (Lipinski definition) is 0. The summed E-state index contributed by atoms with van der Waals surface area (Å²) in [6, 6.07) is 3.32. The van der Waals surface area contributed by atoms with Crippen molar-refractivity contribution in [2.24, 2.45) is 0 Å². The molecule has 0 atom stereocenters. The Hall–Kier alpha value is 0.0900. The van der Waals surface area contributed by atoms with E-state index < -0.39 is 0 Å². The van der Waals surface area contributed by atoms with Crippen LogP contribution >= 0.6 is 34.8 Å². The fraction of sp³-hybridized carbons (Fsp3) is 0. The van der Waals surface area contributed by atoms with Crippen molar-refractivity contribution in [1.82, 2.24) is 0 Å². The summed E-state index contributed by atoms with van der Waals surface area (Å²) in [6.07, 6.45) is 0. The Balaban J connectivity index is 3.31. The lowest BCUT2D eigenvalue weighted by Gasteiger charge is -1.98. The third-order valence-electron chi connectivity index (χ3n) is 1.04. The van der Waals surface area contributed by atoms with E-state index in [2.05, 4.69) is 6.92 Å².